The Bertz CT molecular complexity index is 133. The molecule has 4 nitrogen and oxygen atoms in total. The normalized spacial score (nSPS) is 12.0. The zero-order valence-electron chi connectivity index (χ0n) is 9.04. The molecule has 0 aromatic carbocycles. The molecule has 0 bridgehead atoms. The quantitative estimate of drug-likeness (QED) is 0.221. The van der Waals surface area contributed by atoms with Crippen LogP contribution in [0.15, 0.2) is 0 Å². The molecule has 0 saturated heterocycles. The van der Waals surface area contributed by atoms with Gasteiger partial charge in [-0.2, -0.15) is 0 Å². The average Bonchev–Trinajstić information content (AvgIpc) is 2.16. The summed E-state index contributed by atoms with van der Waals surface area (Å²) < 4.78 is 12.5. The summed E-state index contributed by atoms with van der Waals surface area (Å²) in [4.78, 5) is 0. The Morgan fingerprint density at radius 3 is 2.14 bits per heavy atom. The first-order valence-corrected chi connectivity index (χ1v) is 6.29. The maximum Gasteiger partial charge on any atom is 0.129 e. The average molecular weight is 318 g/mol. The molecule has 86 valence electrons. The molecule has 0 amide bonds. The lowest BCUT2D eigenvalue weighted by Gasteiger charge is -2.26. The minimum atomic E-state index is 0.0821. The Morgan fingerprint density at radius 2 is 1.64 bits per heavy atom. The molecule has 0 fully saturated rings. The first-order chi connectivity index (χ1) is 6.62. The van der Waals surface area contributed by atoms with Gasteiger partial charge >= 0.3 is 0 Å². The van der Waals surface area contributed by atoms with Crippen LogP contribution in [0.25, 0.3) is 0 Å². The lowest BCUT2D eigenvalue weighted by atomic mass is 10.5. The Morgan fingerprint density at radius 1 is 1.07 bits per heavy atom. The van der Waals surface area contributed by atoms with Crippen LogP contribution in [0.1, 0.15) is 0 Å². The first kappa shape index (κ1) is 14.6. The topological polar surface area (TPSA) is 38.7 Å². The fraction of sp³-hybridized carbons (Fsp3) is 1.00. The van der Waals surface area contributed by atoms with Gasteiger partial charge in [-0.25, -0.2) is 0 Å². The van der Waals surface area contributed by atoms with Crippen LogP contribution in [0.4, 0.5) is 0 Å². The molecule has 0 unspecified atom stereocenters. The SMILES string of the molecule is C[N+](C)(CI)CCOCCOCCO. The number of alkyl halides is 1. The molecule has 0 heterocycles. The number of nitrogens with zero attached hydrogens (tertiary/aromatic N) is 1. The fourth-order valence-electron chi connectivity index (χ4n) is 0.758. The number of ether oxygens (including phenoxy) is 2. The van der Waals surface area contributed by atoms with E-state index in [-0.39, 0.29) is 6.61 Å². The third-order valence-corrected chi connectivity index (χ3v) is 3.62. The second-order valence-electron chi connectivity index (χ2n) is 3.73. The zero-order valence-corrected chi connectivity index (χ0v) is 11.2. The van der Waals surface area contributed by atoms with Gasteiger partial charge in [-0.05, 0) is 22.6 Å². The molecule has 14 heavy (non-hydrogen) atoms. The van der Waals surface area contributed by atoms with Crippen LogP contribution in [0, 0.1) is 0 Å². The molecule has 0 aliphatic carbocycles. The maximum absolute atomic E-state index is 8.44. The molecule has 0 spiro atoms. The lowest BCUT2D eigenvalue weighted by molar-refractivity contribution is -0.874. The lowest BCUT2D eigenvalue weighted by Crippen LogP contribution is -2.40. The van der Waals surface area contributed by atoms with Gasteiger partial charge in [0.2, 0.25) is 0 Å². The second-order valence-corrected chi connectivity index (χ2v) is 4.41. The third kappa shape index (κ3) is 9.14. The van der Waals surface area contributed by atoms with Crippen molar-refractivity contribution in [3.05, 3.63) is 0 Å². The number of quaternary nitrogens is 1. The van der Waals surface area contributed by atoms with Gasteiger partial charge in [0.15, 0.2) is 0 Å². The molecule has 0 saturated carbocycles. The Kier molecular flexibility index (Phi) is 9.20. The van der Waals surface area contributed by atoms with Gasteiger partial charge in [0.1, 0.15) is 11.1 Å². The number of rotatable bonds is 9. The minimum absolute atomic E-state index is 0.0821. The molecule has 0 aromatic heterocycles. The van der Waals surface area contributed by atoms with Gasteiger partial charge in [-0.3, -0.25) is 0 Å². The van der Waals surface area contributed by atoms with E-state index in [4.69, 9.17) is 14.6 Å². The summed E-state index contributed by atoms with van der Waals surface area (Å²) in [5.41, 5.74) is 0. The maximum atomic E-state index is 8.44. The molecule has 1 N–H and O–H groups in total. The summed E-state index contributed by atoms with van der Waals surface area (Å²) in [7, 11) is 4.36. The van der Waals surface area contributed by atoms with Crippen LogP contribution in [-0.2, 0) is 9.47 Å². The number of aliphatic hydroxyl groups is 1. The van der Waals surface area contributed by atoms with E-state index in [1.54, 1.807) is 0 Å². The van der Waals surface area contributed by atoms with E-state index in [1.807, 2.05) is 0 Å². The number of hydrogen-bond donors (Lipinski definition) is 1. The molecule has 0 aliphatic rings. The van der Waals surface area contributed by atoms with E-state index in [9.17, 15) is 0 Å². The molecule has 0 radical (unpaired) electrons. The van der Waals surface area contributed by atoms with Gasteiger partial charge in [-0.15, -0.1) is 0 Å². The van der Waals surface area contributed by atoms with Gasteiger partial charge in [-0.1, -0.05) is 0 Å². The van der Waals surface area contributed by atoms with Crippen molar-refractivity contribution >= 4 is 22.6 Å². The van der Waals surface area contributed by atoms with Crippen LogP contribution in [-0.4, -0.2) is 67.8 Å². The predicted molar refractivity (Wildman–Crippen MR) is 64.6 cm³/mol. The highest BCUT2D eigenvalue weighted by Crippen LogP contribution is 2.00. The van der Waals surface area contributed by atoms with Gasteiger partial charge in [0.25, 0.3) is 0 Å². The van der Waals surface area contributed by atoms with Crippen molar-refractivity contribution in [2.75, 3.05) is 58.2 Å². The van der Waals surface area contributed by atoms with Gasteiger partial charge in [0, 0.05) is 0 Å². The van der Waals surface area contributed by atoms with E-state index in [0.717, 1.165) is 22.2 Å². The summed E-state index contributed by atoms with van der Waals surface area (Å²) in [6.07, 6.45) is 0. The summed E-state index contributed by atoms with van der Waals surface area (Å²) in [5, 5.41) is 8.44. The van der Waals surface area contributed by atoms with E-state index in [0.29, 0.717) is 19.8 Å². The van der Waals surface area contributed by atoms with Crippen molar-refractivity contribution in [2.24, 2.45) is 0 Å². The highest BCUT2D eigenvalue weighted by atomic mass is 127. The Hall–Kier alpha value is 0.570. The molecule has 0 atom stereocenters. The smallest absolute Gasteiger partial charge is 0.129 e. The first-order valence-electron chi connectivity index (χ1n) is 4.77. The number of aliphatic hydroxyl groups excluding tert-OH is 1. The van der Waals surface area contributed by atoms with Crippen molar-refractivity contribution in [3.63, 3.8) is 0 Å². The van der Waals surface area contributed by atoms with Crippen LogP contribution in [0.3, 0.4) is 0 Å². The fourth-order valence-corrected chi connectivity index (χ4v) is 1.10. The summed E-state index contributed by atoms with van der Waals surface area (Å²) in [5.74, 6) is 0. The molecule has 0 aliphatic heterocycles. The van der Waals surface area contributed by atoms with Crippen LogP contribution < -0.4 is 0 Å². The second kappa shape index (κ2) is 8.84. The van der Waals surface area contributed by atoms with Gasteiger partial charge < -0.3 is 19.1 Å². The Balaban J connectivity index is 3.13. The molecule has 0 rings (SSSR count). The highest BCUT2D eigenvalue weighted by Gasteiger charge is 2.11. The summed E-state index contributed by atoms with van der Waals surface area (Å²) in [6, 6.07) is 0. The van der Waals surface area contributed by atoms with Crippen molar-refractivity contribution in [1.82, 2.24) is 0 Å². The van der Waals surface area contributed by atoms with E-state index >= 15 is 0 Å². The van der Waals surface area contributed by atoms with Crippen molar-refractivity contribution in [1.29, 1.82) is 0 Å². The molecule has 0 aromatic rings. The molecular formula is C9H21INO3+. The zero-order chi connectivity index (χ0) is 10.9. The van der Waals surface area contributed by atoms with Crippen LogP contribution in [0.5, 0.6) is 0 Å². The van der Waals surface area contributed by atoms with E-state index in [2.05, 4.69) is 36.7 Å². The highest BCUT2D eigenvalue weighted by molar-refractivity contribution is 14.1. The molecule has 5 heteroatoms. The van der Waals surface area contributed by atoms with E-state index in [1.165, 1.54) is 0 Å². The largest absolute Gasteiger partial charge is 0.394 e. The van der Waals surface area contributed by atoms with Crippen LogP contribution >= 0.6 is 22.6 Å². The predicted octanol–water partition coefficient (Wildman–Crippen LogP) is 0.481. The Labute approximate surface area is 99.9 Å². The van der Waals surface area contributed by atoms with Gasteiger partial charge in [0.05, 0.1) is 47.1 Å². The standard InChI is InChI=1S/C9H21INO3/c1-11(2,9-10)3-5-13-7-8-14-6-4-12/h12H,3-9H2,1-2H3/q+1. The monoisotopic (exact) mass is 318 g/mol. The van der Waals surface area contributed by atoms with E-state index < -0.39 is 0 Å². The van der Waals surface area contributed by atoms with Crippen molar-refractivity contribution in [2.45, 2.75) is 0 Å². The number of halogens is 1. The summed E-state index contributed by atoms with van der Waals surface area (Å²) >= 11 is 2.37. The minimum Gasteiger partial charge on any atom is -0.394 e. The summed E-state index contributed by atoms with van der Waals surface area (Å²) in [6.45, 7) is 3.44. The van der Waals surface area contributed by atoms with Crippen molar-refractivity contribution in [3.8, 4) is 0 Å². The van der Waals surface area contributed by atoms with Crippen LogP contribution in [0.2, 0.25) is 0 Å². The molecular weight excluding hydrogens is 297 g/mol. The number of likely N-dealkylation sites (N-methyl/N-ethyl adjacent to an activating group) is 1. The number of hydrogen-bond acceptors (Lipinski definition) is 3. The third-order valence-electron chi connectivity index (χ3n) is 1.77. The van der Waals surface area contributed by atoms with Crippen molar-refractivity contribution < 1.29 is 19.1 Å².